The van der Waals surface area contributed by atoms with Gasteiger partial charge >= 0.3 is 0 Å². The second-order valence-electron chi connectivity index (χ2n) is 9.58. The Bertz CT molecular complexity index is 1240. The summed E-state index contributed by atoms with van der Waals surface area (Å²) in [5, 5.41) is 12.7. The van der Waals surface area contributed by atoms with Crippen molar-refractivity contribution in [2.24, 2.45) is 0 Å². The summed E-state index contributed by atoms with van der Waals surface area (Å²) in [6.07, 6.45) is 3.97. The van der Waals surface area contributed by atoms with Crippen LogP contribution in [0.15, 0.2) is 54.9 Å². The van der Waals surface area contributed by atoms with Crippen LogP contribution in [0.5, 0.6) is 0 Å². The number of hydrogen-bond acceptors (Lipinski definition) is 5. The summed E-state index contributed by atoms with van der Waals surface area (Å²) in [6, 6.07) is 13.4. The first-order valence-electron chi connectivity index (χ1n) is 11.9. The number of nitrogens with zero attached hydrogens (tertiary/aromatic N) is 3. The number of rotatable bonds is 7. The highest BCUT2D eigenvalue weighted by Crippen LogP contribution is 2.44. The molecule has 0 aliphatic carbocycles. The molecule has 1 unspecified atom stereocenters. The minimum Gasteiger partial charge on any atom is -0.396 e. The predicted octanol–water partition coefficient (Wildman–Crippen LogP) is 4.26. The number of aromatic nitrogens is 2. The monoisotopic (exact) mass is 492 g/mol. The van der Waals surface area contributed by atoms with E-state index >= 15 is 0 Å². The van der Waals surface area contributed by atoms with Gasteiger partial charge in [-0.25, -0.2) is 13.5 Å². The summed E-state index contributed by atoms with van der Waals surface area (Å²) >= 11 is 0. The van der Waals surface area contributed by atoms with Gasteiger partial charge in [-0.1, -0.05) is 24.3 Å². The Labute approximate surface area is 209 Å². The van der Waals surface area contributed by atoms with E-state index in [4.69, 9.17) is 4.98 Å². The van der Waals surface area contributed by atoms with E-state index in [2.05, 4.69) is 10.3 Å². The molecule has 1 aliphatic rings. The number of aliphatic hydroxyl groups excluding tert-OH is 1. The Morgan fingerprint density at radius 3 is 2.57 bits per heavy atom. The predicted molar refractivity (Wildman–Crippen MR) is 139 cm³/mol. The molecule has 0 spiro atoms. The molecule has 3 aromatic rings. The fourth-order valence-corrected chi connectivity index (χ4v) is 5.84. The zero-order chi connectivity index (χ0) is 25.2. The lowest BCUT2D eigenvalue weighted by Gasteiger charge is -2.30. The first kappa shape index (κ1) is 25.2. The van der Waals surface area contributed by atoms with Crippen LogP contribution in [0.1, 0.15) is 61.8 Å². The molecule has 35 heavy (non-hydrogen) atoms. The van der Waals surface area contributed by atoms with Crippen molar-refractivity contribution < 1.29 is 14.1 Å². The van der Waals surface area contributed by atoms with Crippen LogP contribution in [0.4, 0.5) is 0 Å². The van der Waals surface area contributed by atoms with Crippen molar-refractivity contribution in [3.05, 3.63) is 71.7 Å². The van der Waals surface area contributed by atoms with Gasteiger partial charge in [-0.05, 0) is 63.4 Å². The fraction of sp³-hybridized carbons (Fsp3) is 0.370. The largest absolute Gasteiger partial charge is 0.396 e. The average Bonchev–Trinajstić information content (AvgIpc) is 3.21. The van der Waals surface area contributed by atoms with Gasteiger partial charge in [0.2, 0.25) is 0 Å². The normalized spacial score (nSPS) is 16.7. The highest BCUT2D eigenvalue weighted by molar-refractivity contribution is 7.84. The van der Waals surface area contributed by atoms with Crippen molar-refractivity contribution in [1.82, 2.24) is 19.6 Å². The van der Waals surface area contributed by atoms with E-state index in [9.17, 15) is 14.1 Å². The Morgan fingerprint density at radius 2 is 1.91 bits per heavy atom. The van der Waals surface area contributed by atoms with Crippen molar-refractivity contribution in [2.45, 2.75) is 51.4 Å². The van der Waals surface area contributed by atoms with Gasteiger partial charge < -0.3 is 10.4 Å². The first-order valence-corrected chi connectivity index (χ1v) is 13.0. The van der Waals surface area contributed by atoms with E-state index in [1.54, 1.807) is 12.3 Å². The third-order valence-electron chi connectivity index (χ3n) is 5.99. The Balaban J connectivity index is 1.90. The Morgan fingerprint density at radius 1 is 1.17 bits per heavy atom. The number of benzene rings is 1. The van der Waals surface area contributed by atoms with Crippen molar-refractivity contribution in [2.75, 3.05) is 13.2 Å². The lowest BCUT2D eigenvalue weighted by atomic mass is 9.94. The van der Waals surface area contributed by atoms with Crippen LogP contribution in [0, 0.1) is 0 Å². The highest BCUT2D eigenvalue weighted by atomic mass is 32.2. The smallest absolute Gasteiger partial charge is 0.269 e. The van der Waals surface area contributed by atoms with E-state index in [-0.39, 0.29) is 18.6 Å². The van der Waals surface area contributed by atoms with Gasteiger partial charge in [0, 0.05) is 48.8 Å². The van der Waals surface area contributed by atoms with Crippen molar-refractivity contribution in [3.8, 4) is 22.4 Å². The number of hydrogen-bond donors (Lipinski definition) is 2. The molecular formula is C27H32N4O3S. The summed E-state index contributed by atoms with van der Waals surface area (Å²) in [5.41, 5.74) is 5.68. The Hall–Kier alpha value is -2.94. The molecule has 2 N–H and O–H groups in total. The summed E-state index contributed by atoms with van der Waals surface area (Å²) in [7, 11) is -1.30. The third-order valence-corrected chi connectivity index (χ3v) is 7.85. The number of aliphatic hydroxyl groups is 1. The molecule has 1 aromatic carbocycles. The minimum absolute atomic E-state index is 0.0464. The molecule has 2 atom stereocenters. The lowest BCUT2D eigenvalue weighted by molar-refractivity contribution is 0.0951. The van der Waals surface area contributed by atoms with Gasteiger partial charge in [0.05, 0.1) is 16.5 Å². The van der Waals surface area contributed by atoms with Gasteiger partial charge in [-0.15, -0.1) is 0 Å². The minimum atomic E-state index is -1.30. The van der Waals surface area contributed by atoms with Crippen LogP contribution in [0.2, 0.25) is 0 Å². The number of pyridine rings is 2. The van der Waals surface area contributed by atoms with Crippen LogP contribution < -0.4 is 5.32 Å². The van der Waals surface area contributed by atoms with Gasteiger partial charge in [0.15, 0.2) is 0 Å². The van der Waals surface area contributed by atoms with E-state index in [1.165, 1.54) is 0 Å². The molecule has 0 saturated carbocycles. The highest BCUT2D eigenvalue weighted by Gasteiger charge is 2.40. The van der Waals surface area contributed by atoms with Gasteiger partial charge in [0.25, 0.3) is 5.91 Å². The van der Waals surface area contributed by atoms with Crippen LogP contribution in [0.3, 0.4) is 0 Å². The van der Waals surface area contributed by atoms with Gasteiger partial charge in [-0.2, -0.15) is 0 Å². The molecule has 0 fully saturated rings. The van der Waals surface area contributed by atoms with Crippen LogP contribution in [-0.2, 0) is 17.5 Å². The zero-order valence-corrected chi connectivity index (χ0v) is 21.4. The number of fused-ring (bicyclic) bond motifs is 1. The summed E-state index contributed by atoms with van der Waals surface area (Å²) < 4.78 is 14.9. The standard InChI is InChI=1S/C27H32N4O3S/c1-5-29-26(33)22-15-21-17-31(35(34)27(2,3)4)23(11-13-32)24(21)25(30-22)19-9-6-8-18(14-19)20-10-7-12-28-16-20/h6-10,12,14-16,23,32H,5,11,13,17H2,1-4H3,(H,29,33)/t23-,35?/m1/s1. The van der Waals surface area contributed by atoms with E-state index in [0.29, 0.717) is 30.9 Å². The molecular weight excluding hydrogens is 460 g/mol. The molecule has 7 nitrogen and oxygen atoms in total. The van der Waals surface area contributed by atoms with E-state index in [1.807, 2.05) is 74.6 Å². The lowest BCUT2D eigenvalue weighted by Crippen LogP contribution is -2.36. The summed E-state index contributed by atoms with van der Waals surface area (Å²) in [6.45, 7) is 8.57. The van der Waals surface area contributed by atoms with Crippen LogP contribution in [0.25, 0.3) is 22.4 Å². The second-order valence-corrected chi connectivity index (χ2v) is 11.8. The molecule has 3 heterocycles. The van der Waals surface area contributed by atoms with Crippen molar-refractivity contribution in [1.29, 1.82) is 0 Å². The second kappa shape index (κ2) is 10.4. The topological polar surface area (TPSA) is 95.4 Å². The number of carbonyl (C=O) groups is 1. The summed E-state index contributed by atoms with van der Waals surface area (Å²) in [5.74, 6) is -0.242. The number of carbonyl (C=O) groups excluding carboxylic acids is 1. The molecule has 8 heteroatoms. The molecule has 4 rings (SSSR count). The van der Waals surface area contributed by atoms with Crippen molar-refractivity contribution >= 4 is 16.9 Å². The van der Waals surface area contributed by atoms with E-state index < -0.39 is 15.7 Å². The van der Waals surface area contributed by atoms with Gasteiger partial charge in [-0.3, -0.25) is 9.78 Å². The molecule has 0 bridgehead atoms. The first-order chi connectivity index (χ1) is 16.7. The Kier molecular flexibility index (Phi) is 7.44. The van der Waals surface area contributed by atoms with Crippen LogP contribution in [-0.4, -0.2) is 47.4 Å². The maximum Gasteiger partial charge on any atom is 0.269 e. The molecule has 184 valence electrons. The SMILES string of the molecule is CCNC(=O)c1cc2c(c(-c3cccc(-c4cccnc4)c3)n1)[C@@H](CCO)N(S(=O)C(C)(C)C)C2. The maximum atomic E-state index is 13.5. The molecule has 1 aliphatic heterocycles. The quantitative estimate of drug-likeness (QED) is 0.514. The molecule has 0 radical (unpaired) electrons. The fourth-order valence-electron chi connectivity index (χ4n) is 4.44. The van der Waals surface area contributed by atoms with E-state index in [0.717, 1.165) is 27.8 Å². The molecule has 2 aromatic heterocycles. The third kappa shape index (κ3) is 5.19. The summed E-state index contributed by atoms with van der Waals surface area (Å²) in [4.78, 5) is 21.9. The number of amides is 1. The zero-order valence-electron chi connectivity index (χ0n) is 20.6. The van der Waals surface area contributed by atoms with Crippen LogP contribution >= 0.6 is 0 Å². The van der Waals surface area contributed by atoms with Crippen molar-refractivity contribution in [3.63, 3.8) is 0 Å². The average molecular weight is 493 g/mol. The number of nitrogens with one attached hydrogen (secondary N) is 1. The van der Waals surface area contributed by atoms with Gasteiger partial charge in [0.1, 0.15) is 16.7 Å². The molecule has 0 saturated heterocycles. The maximum absolute atomic E-state index is 13.5. The molecule has 1 amide bonds.